The minimum atomic E-state index is -0.267. The molecule has 1 aromatic heterocycles. The van der Waals surface area contributed by atoms with Crippen LogP contribution < -0.4 is 4.74 Å². The van der Waals surface area contributed by atoms with E-state index in [-0.39, 0.29) is 11.9 Å². The van der Waals surface area contributed by atoms with Gasteiger partial charge >= 0.3 is 5.97 Å². The monoisotopic (exact) mass is 281 g/mol. The number of ether oxygens (including phenoxy) is 1. The Bertz CT molecular complexity index is 775. The molecule has 0 spiro atoms. The first-order valence-electron chi connectivity index (χ1n) is 6.81. The van der Waals surface area contributed by atoms with Crippen LogP contribution >= 0.6 is 0 Å². The number of hydrogen-bond acceptors (Lipinski definition) is 4. The number of aromatic nitrogens is 1. The van der Waals surface area contributed by atoms with E-state index in [1.165, 1.54) is 0 Å². The molecule has 0 radical (unpaired) electrons. The van der Waals surface area contributed by atoms with Gasteiger partial charge in [-0.1, -0.05) is 49.3 Å². The standard InChI is InChI=1S/C17H15NO3/c1-11(2)17(19)20-13-8-9-14-15(10-13)21-18-16(14)12-6-4-3-5-7-12/h3-11H,1-2H3. The number of benzene rings is 2. The maximum Gasteiger partial charge on any atom is 0.313 e. The summed E-state index contributed by atoms with van der Waals surface area (Å²) < 4.78 is 10.6. The molecule has 3 aromatic rings. The topological polar surface area (TPSA) is 52.3 Å². The molecular formula is C17H15NO3. The predicted molar refractivity (Wildman–Crippen MR) is 79.9 cm³/mol. The Hall–Kier alpha value is -2.62. The van der Waals surface area contributed by atoms with E-state index < -0.39 is 0 Å². The van der Waals surface area contributed by atoms with Gasteiger partial charge in [0.2, 0.25) is 0 Å². The number of carbonyl (C=O) groups is 1. The zero-order valence-corrected chi connectivity index (χ0v) is 11.9. The Morgan fingerprint density at radius 3 is 2.62 bits per heavy atom. The van der Waals surface area contributed by atoms with E-state index in [0.717, 1.165) is 16.6 Å². The zero-order chi connectivity index (χ0) is 14.8. The summed E-state index contributed by atoms with van der Waals surface area (Å²) in [6.07, 6.45) is 0. The van der Waals surface area contributed by atoms with Crippen molar-refractivity contribution < 1.29 is 14.1 Å². The molecule has 106 valence electrons. The molecule has 0 saturated carbocycles. The molecule has 3 rings (SSSR count). The first kappa shape index (κ1) is 13.4. The third kappa shape index (κ3) is 2.65. The van der Waals surface area contributed by atoms with Crippen LogP contribution in [0.3, 0.4) is 0 Å². The van der Waals surface area contributed by atoms with Crippen molar-refractivity contribution in [3.05, 3.63) is 48.5 Å². The number of carbonyl (C=O) groups excluding carboxylic acids is 1. The maximum absolute atomic E-state index is 11.6. The molecule has 4 nitrogen and oxygen atoms in total. The molecule has 2 aromatic carbocycles. The van der Waals surface area contributed by atoms with Crippen LogP contribution in [0.4, 0.5) is 0 Å². The van der Waals surface area contributed by atoms with Gasteiger partial charge in [-0.05, 0) is 12.1 Å². The summed E-state index contributed by atoms with van der Waals surface area (Å²) in [4.78, 5) is 11.6. The van der Waals surface area contributed by atoms with E-state index in [4.69, 9.17) is 9.26 Å². The quantitative estimate of drug-likeness (QED) is 0.536. The van der Waals surface area contributed by atoms with E-state index in [1.807, 2.05) is 36.4 Å². The van der Waals surface area contributed by atoms with Crippen molar-refractivity contribution in [1.82, 2.24) is 5.16 Å². The van der Waals surface area contributed by atoms with Crippen LogP contribution in [-0.2, 0) is 4.79 Å². The second-order valence-corrected chi connectivity index (χ2v) is 5.13. The smallest absolute Gasteiger partial charge is 0.313 e. The normalized spacial score (nSPS) is 11.0. The van der Waals surface area contributed by atoms with Crippen molar-refractivity contribution in [3.63, 3.8) is 0 Å². The average Bonchev–Trinajstić information content (AvgIpc) is 2.91. The molecule has 0 bridgehead atoms. The van der Waals surface area contributed by atoms with Crippen LogP contribution in [0, 0.1) is 5.92 Å². The zero-order valence-electron chi connectivity index (χ0n) is 11.9. The van der Waals surface area contributed by atoms with Gasteiger partial charge in [-0.15, -0.1) is 0 Å². The molecule has 0 unspecified atom stereocenters. The van der Waals surface area contributed by atoms with E-state index in [1.54, 1.807) is 26.0 Å². The van der Waals surface area contributed by atoms with E-state index in [0.29, 0.717) is 11.3 Å². The summed E-state index contributed by atoms with van der Waals surface area (Å²) in [5.41, 5.74) is 2.37. The number of nitrogens with zero attached hydrogens (tertiary/aromatic N) is 1. The Morgan fingerprint density at radius 1 is 1.14 bits per heavy atom. The van der Waals surface area contributed by atoms with Crippen LogP contribution in [0.5, 0.6) is 5.75 Å². The van der Waals surface area contributed by atoms with Crippen LogP contribution in [-0.4, -0.2) is 11.1 Å². The molecule has 0 fully saturated rings. The first-order valence-corrected chi connectivity index (χ1v) is 6.81. The van der Waals surface area contributed by atoms with Crippen molar-refractivity contribution >= 4 is 16.9 Å². The second-order valence-electron chi connectivity index (χ2n) is 5.13. The van der Waals surface area contributed by atoms with Crippen LogP contribution in [0.15, 0.2) is 53.1 Å². The van der Waals surface area contributed by atoms with Gasteiger partial charge in [0, 0.05) is 17.0 Å². The van der Waals surface area contributed by atoms with Gasteiger partial charge in [0.15, 0.2) is 5.58 Å². The van der Waals surface area contributed by atoms with Gasteiger partial charge in [-0.3, -0.25) is 4.79 Å². The largest absolute Gasteiger partial charge is 0.426 e. The summed E-state index contributed by atoms with van der Waals surface area (Å²) >= 11 is 0. The van der Waals surface area contributed by atoms with E-state index in [9.17, 15) is 4.79 Å². The third-order valence-electron chi connectivity index (χ3n) is 3.18. The highest BCUT2D eigenvalue weighted by molar-refractivity contribution is 5.92. The molecule has 21 heavy (non-hydrogen) atoms. The van der Waals surface area contributed by atoms with Crippen molar-refractivity contribution in [2.75, 3.05) is 0 Å². The summed E-state index contributed by atoms with van der Waals surface area (Å²) in [7, 11) is 0. The highest BCUT2D eigenvalue weighted by atomic mass is 16.5. The number of rotatable bonds is 3. The fourth-order valence-electron chi connectivity index (χ4n) is 2.02. The molecule has 0 N–H and O–H groups in total. The van der Waals surface area contributed by atoms with Crippen molar-refractivity contribution in [2.24, 2.45) is 5.92 Å². The van der Waals surface area contributed by atoms with Crippen LogP contribution in [0.25, 0.3) is 22.2 Å². The summed E-state index contributed by atoms with van der Waals surface area (Å²) in [6.45, 7) is 3.59. The Balaban J connectivity index is 1.97. The first-order chi connectivity index (χ1) is 10.1. The lowest BCUT2D eigenvalue weighted by Crippen LogP contribution is -2.14. The Morgan fingerprint density at radius 2 is 1.90 bits per heavy atom. The lowest BCUT2D eigenvalue weighted by atomic mass is 10.1. The minimum absolute atomic E-state index is 0.171. The van der Waals surface area contributed by atoms with Crippen molar-refractivity contribution in [1.29, 1.82) is 0 Å². The molecular weight excluding hydrogens is 266 g/mol. The fraction of sp³-hybridized carbons (Fsp3) is 0.176. The highest BCUT2D eigenvalue weighted by Crippen LogP contribution is 2.30. The average molecular weight is 281 g/mol. The summed E-state index contributed by atoms with van der Waals surface area (Å²) in [5, 5.41) is 5.00. The molecule has 1 heterocycles. The van der Waals surface area contributed by atoms with E-state index >= 15 is 0 Å². The molecule has 0 aliphatic heterocycles. The molecule has 4 heteroatoms. The number of esters is 1. The summed E-state index contributed by atoms with van der Waals surface area (Å²) in [5.74, 6) is 0.0319. The van der Waals surface area contributed by atoms with Gasteiger partial charge in [0.25, 0.3) is 0 Å². The van der Waals surface area contributed by atoms with Gasteiger partial charge in [-0.2, -0.15) is 0 Å². The molecule has 0 saturated heterocycles. The van der Waals surface area contributed by atoms with Crippen LogP contribution in [0.2, 0.25) is 0 Å². The van der Waals surface area contributed by atoms with Crippen molar-refractivity contribution in [2.45, 2.75) is 13.8 Å². The fourth-order valence-corrected chi connectivity index (χ4v) is 2.02. The van der Waals surface area contributed by atoms with Crippen molar-refractivity contribution in [3.8, 4) is 17.0 Å². The number of hydrogen-bond donors (Lipinski definition) is 0. The van der Waals surface area contributed by atoms with Gasteiger partial charge in [0.05, 0.1) is 5.92 Å². The Kier molecular flexibility index (Phi) is 3.44. The highest BCUT2D eigenvalue weighted by Gasteiger charge is 2.14. The lowest BCUT2D eigenvalue weighted by Gasteiger charge is -2.05. The van der Waals surface area contributed by atoms with E-state index in [2.05, 4.69) is 5.16 Å². The SMILES string of the molecule is CC(C)C(=O)Oc1ccc2c(-c3ccccc3)noc2c1. The second kappa shape index (κ2) is 5.40. The molecule has 0 atom stereocenters. The lowest BCUT2D eigenvalue weighted by molar-refractivity contribution is -0.137. The predicted octanol–water partition coefficient (Wildman–Crippen LogP) is 4.06. The number of fused-ring (bicyclic) bond motifs is 1. The van der Waals surface area contributed by atoms with Crippen LogP contribution in [0.1, 0.15) is 13.8 Å². The molecule has 0 amide bonds. The van der Waals surface area contributed by atoms with Gasteiger partial charge < -0.3 is 9.26 Å². The van der Waals surface area contributed by atoms with Gasteiger partial charge in [-0.25, -0.2) is 0 Å². The molecule has 0 aliphatic rings. The van der Waals surface area contributed by atoms with Gasteiger partial charge in [0.1, 0.15) is 11.4 Å². The maximum atomic E-state index is 11.6. The third-order valence-corrected chi connectivity index (χ3v) is 3.18. The molecule has 0 aliphatic carbocycles. The minimum Gasteiger partial charge on any atom is -0.426 e. The Labute approximate surface area is 122 Å². The summed E-state index contributed by atoms with van der Waals surface area (Å²) in [6, 6.07) is 15.1.